The van der Waals surface area contributed by atoms with E-state index in [1.165, 1.54) is 0 Å². The Kier molecular flexibility index (Phi) is 4.50. The standard InChI is InChI=1S/C15H20N4O/c1-4-11(2)12(3)17-18-15(20)9-19-10-16-13-7-5-6-8-14(13)19/h5-8,10-11H,4,9H2,1-3H3,(H,18,20)/b17-12-/t11-/m0/s1. The molecule has 106 valence electrons. The van der Waals surface area contributed by atoms with Gasteiger partial charge >= 0.3 is 0 Å². The van der Waals surface area contributed by atoms with Crippen molar-refractivity contribution in [3.8, 4) is 0 Å². The van der Waals surface area contributed by atoms with Crippen molar-refractivity contribution in [2.24, 2.45) is 11.0 Å². The monoisotopic (exact) mass is 272 g/mol. The number of fused-ring (bicyclic) bond motifs is 1. The number of hydrogen-bond acceptors (Lipinski definition) is 3. The predicted molar refractivity (Wildman–Crippen MR) is 80.4 cm³/mol. The molecule has 0 aliphatic rings. The summed E-state index contributed by atoms with van der Waals surface area (Å²) in [7, 11) is 0. The summed E-state index contributed by atoms with van der Waals surface area (Å²) < 4.78 is 1.82. The van der Waals surface area contributed by atoms with Crippen LogP contribution in [0.15, 0.2) is 35.7 Å². The number of carbonyl (C=O) groups is 1. The fourth-order valence-corrected chi connectivity index (χ4v) is 1.88. The van der Waals surface area contributed by atoms with E-state index in [0.717, 1.165) is 23.2 Å². The van der Waals surface area contributed by atoms with Crippen molar-refractivity contribution < 1.29 is 4.79 Å². The van der Waals surface area contributed by atoms with Crippen LogP contribution < -0.4 is 5.43 Å². The molecule has 1 heterocycles. The molecule has 0 saturated heterocycles. The van der Waals surface area contributed by atoms with Gasteiger partial charge in [0.05, 0.1) is 17.4 Å². The highest BCUT2D eigenvalue weighted by atomic mass is 16.2. The first kappa shape index (κ1) is 14.2. The van der Waals surface area contributed by atoms with Gasteiger partial charge < -0.3 is 4.57 Å². The second-order valence-electron chi connectivity index (χ2n) is 4.96. The Bertz CT molecular complexity index is 630. The number of rotatable bonds is 5. The van der Waals surface area contributed by atoms with Gasteiger partial charge in [0.25, 0.3) is 5.91 Å². The molecule has 1 aromatic carbocycles. The minimum absolute atomic E-state index is 0.143. The Morgan fingerprint density at radius 3 is 2.95 bits per heavy atom. The molecule has 2 rings (SSSR count). The Hall–Kier alpha value is -2.17. The third kappa shape index (κ3) is 3.23. The van der Waals surface area contributed by atoms with E-state index in [1.54, 1.807) is 6.33 Å². The predicted octanol–water partition coefficient (Wildman–Crippen LogP) is 2.57. The lowest BCUT2D eigenvalue weighted by Crippen LogP contribution is -2.24. The molecular weight excluding hydrogens is 252 g/mol. The zero-order valence-electron chi connectivity index (χ0n) is 12.1. The van der Waals surface area contributed by atoms with Crippen LogP contribution >= 0.6 is 0 Å². The van der Waals surface area contributed by atoms with Crippen LogP contribution in [0.25, 0.3) is 11.0 Å². The van der Waals surface area contributed by atoms with E-state index >= 15 is 0 Å². The van der Waals surface area contributed by atoms with Crippen LogP contribution in [0.1, 0.15) is 27.2 Å². The molecule has 0 aliphatic heterocycles. The highest BCUT2D eigenvalue weighted by Crippen LogP contribution is 2.11. The number of nitrogens with zero attached hydrogens (tertiary/aromatic N) is 3. The van der Waals surface area contributed by atoms with Gasteiger partial charge in [-0.25, -0.2) is 10.4 Å². The molecule has 1 aromatic heterocycles. The first-order chi connectivity index (χ1) is 9.61. The zero-order chi connectivity index (χ0) is 14.5. The van der Waals surface area contributed by atoms with Crippen molar-refractivity contribution in [3.63, 3.8) is 0 Å². The molecule has 2 aromatic rings. The molecule has 0 radical (unpaired) electrons. The minimum atomic E-state index is -0.143. The maximum Gasteiger partial charge on any atom is 0.260 e. The third-order valence-electron chi connectivity index (χ3n) is 3.52. The van der Waals surface area contributed by atoms with Gasteiger partial charge in [-0.1, -0.05) is 26.0 Å². The van der Waals surface area contributed by atoms with E-state index in [4.69, 9.17) is 0 Å². The summed E-state index contributed by atoms with van der Waals surface area (Å²) in [5, 5.41) is 4.14. The summed E-state index contributed by atoms with van der Waals surface area (Å²) >= 11 is 0. The maximum absolute atomic E-state index is 11.9. The lowest BCUT2D eigenvalue weighted by molar-refractivity contribution is -0.121. The Morgan fingerprint density at radius 1 is 1.45 bits per heavy atom. The smallest absolute Gasteiger partial charge is 0.260 e. The largest absolute Gasteiger partial charge is 0.321 e. The van der Waals surface area contributed by atoms with Crippen molar-refractivity contribution in [1.82, 2.24) is 15.0 Å². The maximum atomic E-state index is 11.9. The molecule has 0 spiro atoms. The van der Waals surface area contributed by atoms with Gasteiger partial charge in [0, 0.05) is 5.71 Å². The summed E-state index contributed by atoms with van der Waals surface area (Å²) in [6.07, 6.45) is 2.69. The number of benzene rings is 1. The van der Waals surface area contributed by atoms with E-state index in [0.29, 0.717) is 5.92 Å². The van der Waals surface area contributed by atoms with Crippen LogP contribution in [0.5, 0.6) is 0 Å². The number of nitrogens with one attached hydrogen (secondary N) is 1. The van der Waals surface area contributed by atoms with E-state index in [9.17, 15) is 4.79 Å². The molecule has 1 atom stereocenters. The summed E-state index contributed by atoms with van der Waals surface area (Å²) in [6, 6.07) is 7.74. The molecule has 5 heteroatoms. The van der Waals surface area contributed by atoms with Crippen LogP contribution in [0.2, 0.25) is 0 Å². The van der Waals surface area contributed by atoms with E-state index < -0.39 is 0 Å². The molecular formula is C15H20N4O. The van der Waals surface area contributed by atoms with Gasteiger partial charge in [-0.3, -0.25) is 4.79 Å². The third-order valence-corrected chi connectivity index (χ3v) is 3.52. The molecule has 0 bridgehead atoms. The number of hydrogen-bond donors (Lipinski definition) is 1. The van der Waals surface area contributed by atoms with Crippen LogP contribution in [0.3, 0.4) is 0 Å². The Morgan fingerprint density at radius 2 is 2.20 bits per heavy atom. The topological polar surface area (TPSA) is 59.3 Å². The molecule has 0 unspecified atom stereocenters. The van der Waals surface area contributed by atoms with Gasteiger partial charge in [0.2, 0.25) is 0 Å². The van der Waals surface area contributed by atoms with Crippen molar-refractivity contribution in [3.05, 3.63) is 30.6 Å². The average molecular weight is 272 g/mol. The van der Waals surface area contributed by atoms with Gasteiger partial charge in [0.15, 0.2) is 0 Å². The number of carbonyl (C=O) groups excluding carboxylic acids is 1. The molecule has 1 amide bonds. The van der Waals surface area contributed by atoms with Crippen LogP contribution in [0.4, 0.5) is 0 Å². The highest BCUT2D eigenvalue weighted by molar-refractivity contribution is 5.86. The fraction of sp³-hybridized carbons (Fsp3) is 0.400. The zero-order valence-corrected chi connectivity index (χ0v) is 12.1. The molecule has 0 aliphatic carbocycles. The summed E-state index contributed by atoms with van der Waals surface area (Å²) in [5.74, 6) is 0.236. The molecule has 0 saturated carbocycles. The number of para-hydroxylation sites is 2. The second kappa shape index (κ2) is 6.32. The van der Waals surface area contributed by atoms with Crippen molar-refractivity contribution in [2.75, 3.05) is 0 Å². The van der Waals surface area contributed by atoms with Gasteiger partial charge in [0.1, 0.15) is 6.54 Å². The Balaban J connectivity index is 2.02. The second-order valence-corrected chi connectivity index (χ2v) is 4.96. The average Bonchev–Trinajstić information content (AvgIpc) is 2.87. The Labute approximate surface area is 118 Å². The summed E-state index contributed by atoms with van der Waals surface area (Å²) in [6.45, 7) is 6.34. The quantitative estimate of drug-likeness (QED) is 0.671. The number of hydrazone groups is 1. The highest BCUT2D eigenvalue weighted by Gasteiger charge is 2.07. The van der Waals surface area contributed by atoms with Gasteiger partial charge in [-0.15, -0.1) is 0 Å². The molecule has 1 N–H and O–H groups in total. The van der Waals surface area contributed by atoms with Gasteiger partial charge in [-0.05, 0) is 31.4 Å². The number of imidazole rings is 1. The van der Waals surface area contributed by atoms with Crippen LogP contribution in [-0.4, -0.2) is 21.2 Å². The minimum Gasteiger partial charge on any atom is -0.321 e. The first-order valence-electron chi connectivity index (χ1n) is 6.84. The summed E-state index contributed by atoms with van der Waals surface area (Å²) in [5.41, 5.74) is 5.38. The first-order valence-corrected chi connectivity index (χ1v) is 6.84. The van der Waals surface area contributed by atoms with Crippen LogP contribution in [-0.2, 0) is 11.3 Å². The lowest BCUT2D eigenvalue weighted by atomic mass is 10.1. The molecule has 20 heavy (non-hydrogen) atoms. The molecule has 5 nitrogen and oxygen atoms in total. The van der Waals surface area contributed by atoms with Gasteiger partial charge in [-0.2, -0.15) is 5.10 Å². The normalized spacial score (nSPS) is 13.4. The van der Waals surface area contributed by atoms with Crippen molar-refractivity contribution >= 4 is 22.7 Å². The van der Waals surface area contributed by atoms with E-state index in [1.807, 2.05) is 35.8 Å². The molecule has 0 fully saturated rings. The van der Waals surface area contributed by atoms with E-state index in [2.05, 4.69) is 29.4 Å². The SMILES string of the molecule is CC[C@H](C)/C(C)=N\NC(=O)Cn1cnc2ccccc21. The van der Waals surface area contributed by atoms with Crippen LogP contribution in [0, 0.1) is 5.92 Å². The van der Waals surface area contributed by atoms with Crippen molar-refractivity contribution in [2.45, 2.75) is 33.7 Å². The summed E-state index contributed by atoms with van der Waals surface area (Å²) in [4.78, 5) is 16.2. The van der Waals surface area contributed by atoms with E-state index in [-0.39, 0.29) is 12.5 Å². The van der Waals surface area contributed by atoms with Crippen molar-refractivity contribution in [1.29, 1.82) is 0 Å². The number of amides is 1. The fourth-order valence-electron chi connectivity index (χ4n) is 1.88. The number of aromatic nitrogens is 2. The lowest BCUT2D eigenvalue weighted by Gasteiger charge is -2.08.